The number of nitrogens with one attached hydrogen (secondary N) is 1. The molecule has 0 spiro atoms. The fraction of sp³-hybridized carbons (Fsp3) is 0.250. The molecule has 1 aromatic carbocycles. The van der Waals surface area contributed by atoms with Crippen molar-refractivity contribution in [3.8, 4) is 10.6 Å². The third kappa shape index (κ3) is 4.26. The fourth-order valence-electron chi connectivity index (χ4n) is 2.06. The minimum absolute atomic E-state index is 0.111. The molecule has 2 aromatic heterocycles. The molecule has 0 fully saturated rings. The third-order valence-electron chi connectivity index (χ3n) is 3.35. The molecule has 0 saturated carbocycles. The van der Waals surface area contributed by atoms with Crippen LogP contribution in [0, 0.1) is 0 Å². The van der Waals surface area contributed by atoms with Crippen molar-refractivity contribution in [2.75, 3.05) is 24.3 Å². The maximum Gasteiger partial charge on any atom is 0.433 e. The highest BCUT2D eigenvalue weighted by Crippen LogP contribution is 2.30. The van der Waals surface area contributed by atoms with Crippen molar-refractivity contribution < 1.29 is 13.2 Å². The standard InChI is InChI=1S/C16H15F3N6S/c1-25(2)12-8-11(16(17,18)19)21-15(22-12)20-9-13-23-24-14(26-13)10-6-4-3-5-7-10/h3-8H,9H2,1-2H3,(H,20,21,22). The van der Waals surface area contributed by atoms with Crippen molar-refractivity contribution in [2.24, 2.45) is 0 Å². The molecule has 0 radical (unpaired) electrons. The summed E-state index contributed by atoms with van der Waals surface area (Å²) >= 11 is 1.35. The number of hydrogen-bond donors (Lipinski definition) is 1. The van der Waals surface area contributed by atoms with E-state index >= 15 is 0 Å². The average Bonchev–Trinajstić information content (AvgIpc) is 3.09. The first-order valence-electron chi connectivity index (χ1n) is 7.58. The van der Waals surface area contributed by atoms with Crippen LogP contribution in [0.3, 0.4) is 0 Å². The first-order chi connectivity index (χ1) is 12.3. The van der Waals surface area contributed by atoms with Crippen molar-refractivity contribution in [3.63, 3.8) is 0 Å². The van der Waals surface area contributed by atoms with Crippen LogP contribution in [-0.4, -0.2) is 34.3 Å². The molecule has 26 heavy (non-hydrogen) atoms. The quantitative estimate of drug-likeness (QED) is 0.728. The Morgan fingerprint density at radius 2 is 1.81 bits per heavy atom. The topological polar surface area (TPSA) is 66.8 Å². The van der Waals surface area contributed by atoms with E-state index in [1.54, 1.807) is 14.1 Å². The average molecular weight is 380 g/mol. The van der Waals surface area contributed by atoms with Crippen molar-refractivity contribution >= 4 is 23.1 Å². The number of nitrogens with zero attached hydrogens (tertiary/aromatic N) is 5. The molecule has 0 bridgehead atoms. The summed E-state index contributed by atoms with van der Waals surface area (Å²) in [5, 5.41) is 12.3. The zero-order valence-electron chi connectivity index (χ0n) is 13.9. The molecule has 2 heterocycles. The van der Waals surface area contributed by atoms with Crippen LogP contribution in [0.25, 0.3) is 10.6 Å². The molecule has 10 heteroatoms. The van der Waals surface area contributed by atoms with Crippen LogP contribution in [0.15, 0.2) is 36.4 Å². The van der Waals surface area contributed by atoms with Gasteiger partial charge in [-0.25, -0.2) is 4.98 Å². The van der Waals surface area contributed by atoms with E-state index in [-0.39, 0.29) is 18.3 Å². The van der Waals surface area contributed by atoms with Gasteiger partial charge in [0.05, 0.1) is 6.54 Å². The molecule has 0 saturated heterocycles. The Hall–Kier alpha value is -2.75. The lowest BCUT2D eigenvalue weighted by molar-refractivity contribution is -0.141. The van der Waals surface area contributed by atoms with E-state index < -0.39 is 11.9 Å². The van der Waals surface area contributed by atoms with E-state index in [4.69, 9.17) is 0 Å². The third-order valence-corrected chi connectivity index (χ3v) is 4.32. The Kier molecular flexibility index (Phi) is 5.03. The molecule has 3 aromatic rings. The molecular weight excluding hydrogens is 365 g/mol. The summed E-state index contributed by atoms with van der Waals surface area (Å²) < 4.78 is 39.0. The molecule has 136 valence electrons. The maximum absolute atomic E-state index is 13.0. The lowest BCUT2D eigenvalue weighted by Gasteiger charge is -2.15. The highest BCUT2D eigenvalue weighted by Gasteiger charge is 2.34. The van der Waals surface area contributed by atoms with Gasteiger partial charge in [0.25, 0.3) is 0 Å². The van der Waals surface area contributed by atoms with Gasteiger partial charge in [0, 0.05) is 25.7 Å². The number of benzene rings is 1. The zero-order valence-corrected chi connectivity index (χ0v) is 14.8. The maximum atomic E-state index is 13.0. The van der Waals surface area contributed by atoms with Crippen LogP contribution in [0.2, 0.25) is 0 Å². The largest absolute Gasteiger partial charge is 0.433 e. The molecule has 0 aliphatic carbocycles. The van der Waals surface area contributed by atoms with Gasteiger partial charge in [0.2, 0.25) is 5.95 Å². The second kappa shape index (κ2) is 7.24. The van der Waals surface area contributed by atoms with Crippen molar-refractivity contribution in [1.29, 1.82) is 0 Å². The predicted octanol–water partition coefficient (Wildman–Crippen LogP) is 3.69. The monoisotopic (exact) mass is 380 g/mol. The summed E-state index contributed by atoms with van der Waals surface area (Å²) in [6.45, 7) is 0.179. The van der Waals surface area contributed by atoms with Crippen molar-refractivity contribution in [3.05, 3.63) is 47.1 Å². The van der Waals surface area contributed by atoms with Gasteiger partial charge in [0.1, 0.15) is 15.8 Å². The summed E-state index contributed by atoms with van der Waals surface area (Å²) in [4.78, 5) is 9.12. The summed E-state index contributed by atoms with van der Waals surface area (Å²) in [7, 11) is 3.23. The Morgan fingerprint density at radius 3 is 2.46 bits per heavy atom. The molecule has 3 rings (SSSR count). The van der Waals surface area contributed by atoms with Gasteiger partial charge in [-0.05, 0) is 0 Å². The Bertz CT molecular complexity index is 879. The first-order valence-corrected chi connectivity index (χ1v) is 8.40. The van der Waals surface area contributed by atoms with Gasteiger partial charge < -0.3 is 10.2 Å². The minimum Gasteiger partial charge on any atom is -0.363 e. The van der Waals surface area contributed by atoms with E-state index in [2.05, 4.69) is 25.5 Å². The van der Waals surface area contributed by atoms with Crippen LogP contribution in [0.5, 0.6) is 0 Å². The van der Waals surface area contributed by atoms with Gasteiger partial charge in [-0.2, -0.15) is 18.2 Å². The number of anilines is 2. The Balaban J connectivity index is 1.77. The van der Waals surface area contributed by atoms with Gasteiger partial charge >= 0.3 is 6.18 Å². The predicted molar refractivity (Wildman–Crippen MR) is 94.0 cm³/mol. The van der Waals surface area contributed by atoms with Gasteiger partial charge in [-0.1, -0.05) is 41.7 Å². The molecular formula is C16H15F3N6S. The number of hydrogen-bond acceptors (Lipinski definition) is 7. The summed E-state index contributed by atoms with van der Waals surface area (Å²) in [5.74, 6) is 0.0528. The molecule has 0 aliphatic rings. The van der Waals surface area contributed by atoms with Crippen molar-refractivity contribution in [1.82, 2.24) is 20.2 Å². The second-order valence-electron chi connectivity index (χ2n) is 5.55. The number of aromatic nitrogens is 4. The van der Waals surface area contributed by atoms with Crippen LogP contribution in [0.4, 0.5) is 24.9 Å². The lowest BCUT2D eigenvalue weighted by atomic mass is 10.2. The molecule has 0 atom stereocenters. The molecule has 1 N–H and O–H groups in total. The Morgan fingerprint density at radius 1 is 1.08 bits per heavy atom. The highest BCUT2D eigenvalue weighted by atomic mass is 32.1. The van der Waals surface area contributed by atoms with E-state index in [9.17, 15) is 13.2 Å². The van der Waals surface area contributed by atoms with E-state index in [1.807, 2.05) is 30.3 Å². The second-order valence-corrected chi connectivity index (χ2v) is 6.61. The number of alkyl halides is 3. The normalized spacial score (nSPS) is 11.4. The van der Waals surface area contributed by atoms with Crippen LogP contribution < -0.4 is 10.2 Å². The molecule has 6 nitrogen and oxygen atoms in total. The van der Waals surface area contributed by atoms with Gasteiger partial charge in [0.15, 0.2) is 5.69 Å². The molecule has 0 amide bonds. The van der Waals surface area contributed by atoms with Gasteiger partial charge in [-0.15, -0.1) is 10.2 Å². The smallest absolute Gasteiger partial charge is 0.363 e. The summed E-state index contributed by atoms with van der Waals surface area (Å²) in [5.41, 5.74) is -0.0672. The lowest BCUT2D eigenvalue weighted by Crippen LogP contribution is -2.17. The van der Waals surface area contributed by atoms with Gasteiger partial charge in [-0.3, -0.25) is 0 Å². The number of rotatable bonds is 5. The van der Waals surface area contributed by atoms with Crippen LogP contribution in [0.1, 0.15) is 10.7 Å². The Labute approximate surface area is 151 Å². The zero-order chi connectivity index (χ0) is 18.7. The molecule has 0 aliphatic heterocycles. The molecule has 0 unspecified atom stereocenters. The highest BCUT2D eigenvalue weighted by molar-refractivity contribution is 7.14. The van der Waals surface area contributed by atoms with Crippen LogP contribution >= 0.6 is 11.3 Å². The van der Waals surface area contributed by atoms with Crippen molar-refractivity contribution in [2.45, 2.75) is 12.7 Å². The van der Waals surface area contributed by atoms with Crippen LogP contribution in [-0.2, 0) is 12.7 Å². The van der Waals surface area contributed by atoms with E-state index in [0.29, 0.717) is 5.01 Å². The summed E-state index contributed by atoms with van der Waals surface area (Å²) in [6.07, 6.45) is -4.55. The van der Waals surface area contributed by atoms with E-state index in [0.717, 1.165) is 16.6 Å². The van der Waals surface area contributed by atoms with E-state index in [1.165, 1.54) is 16.2 Å². The SMILES string of the molecule is CN(C)c1cc(C(F)(F)F)nc(NCc2nnc(-c3ccccc3)s2)n1. The minimum atomic E-state index is -4.55. The summed E-state index contributed by atoms with van der Waals surface area (Å²) in [6, 6.07) is 10.4. The first kappa shape index (κ1) is 18.1. The fourth-order valence-corrected chi connectivity index (χ4v) is 2.85. The number of halogens is 3.